The highest BCUT2D eigenvalue weighted by atomic mass is 35.5. The number of hydrogen-bond acceptors (Lipinski definition) is 7. The lowest BCUT2D eigenvalue weighted by atomic mass is 10.1. The van der Waals surface area contributed by atoms with Gasteiger partial charge in [0.2, 0.25) is 5.95 Å². The van der Waals surface area contributed by atoms with Crippen LogP contribution in [0.15, 0.2) is 55.0 Å². The lowest BCUT2D eigenvalue weighted by Crippen LogP contribution is -2.04. The SMILES string of the molecule is COc1ccc(Cl)cc1-c1cnc(Nc2cnn(C)c2)nc1Nc1cc(N)ccc1F. The zero-order valence-corrected chi connectivity index (χ0v) is 17.5. The summed E-state index contributed by atoms with van der Waals surface area (Å²) >= 11 is 6.21. The largest absolute Gasteiger partial charge is 0.496 e. The molecule has 4 rings (SSSR count). The molecule has 0 saturated carbocycles. The molecule has 31 heavy (non-hydrogen) atoms. The van der Waals surface area contributed by atoms with Crippen molar-refractivity contribution in [2.24, 2.45) is 7.05 Å². The first-order valence-electron chi connectivity index (χ1n) is 9.21. The normalized spacial score (nSPS) is 10.7. The second-order valence-electron chi connectivity index (χ2n) is 6.69. The molecule has 4 N–H and O–H groups in total. The maximum absolute atomic E-state index is 14.4. The summed E-state index contributed by atoms with van der Waals surface area (Å²) in [4.78, 5) is 8.94. The molecule has 0 spiro atoms. The summed E-state index contributed by atoms with van der Waals surface area (Å²) in [6.45, 7) is 0. The Morgan fingerprint density at radius 3 is 2.68 bits per heavy atom. The van der Waals surface area contributed by atoms with Crippen LogP contribution in [0.5, 0.6) is 5.75 Å². The van der Waals surface area contributed by atoms with Crippen LogP contribution in [0.3, 0.4) is 0 Å². The Bertz CT molecular complexity index is 1240. The summed E-state index contributed by atoms with van der Waals surface area (Å²) in [7, 11) is 3.35. The van der Waals surface area contributed by atoms with E-state index in [0.717, 1.165) is 0 Å². The number of rotatable bonds is 6. The number of ether oxygens (including phenoxy) is 1. The van der Waals surface area contributed by atoms with Gasteiger partial charge >= 0.3 is 0 Å². The van der Waals surface area contributed by atoms with Gasteiger partial charge in [0.05, 0.1) is 24.7 Å². The molecule has 4 aromatic rings. The first-order valence-corrected chi connectivity index (χ1v) is 9.59. The van der Waals surface area contributed by atoms with Gasteiger partial charge in [-0.2, -0.15) is 10.1 Å². The number of aromatic nitrogens is 4. The van der Waals surface area contributed by atoms with Crippen molar-refractivity contribution in [2.45, 2.75) is 0 Å². The van der Waals surface area contributed by atoms with Crippen LogP contribution in [0.1, 0.15) is 0 Å². The van der Waals surface area contributed by atoms with Gasteiger partial charge in [-0.25, -0.2) is 9.37 Å². The van der Waals surface area contributed by atoms with Crippen LogP contribution < -0.4 is 21.1 Å². The van der Waals surface area contributed by atoms with E-state index in [9.17, 15) is 4.39 Å². The van der Waals surface area contributed by atoms with Gasteiger partial charge in [0.25, 0.3) is 0 Å². The Hall–Kier alpha value is -3.85. The highest BCUT2D eigenvalue weighted by molar-refractivity contribution is 6.31. The third-order valence-electron chi connectivity index (χ3n) is 4.44. The summed E-state index contributed by atoms with van der Waals surface area (Å²) in [5, 5.41) is 10.7. The summed E-state index contributed by atoms with van der Waals surface area (Å²) in [5.41, 5.74) is 8.34. The van der Waals surface area contributed by atoms with E-state index >= 15 is 0 Å². The minimum Gasteiger partial charge on any atom is -0.496 e. The molecule has 0 unspecified atom stereocenters. The Labute approximate surface area is 182 Å². The van der Waals surface area contributed by atoms with Gasteiger partial charge in [-0.15, -0.1) is 0 Å². The second-order valence-corrected chi connectivity index (χ2v) is 7.13. The van der Waals surface area contributed by atoms with Crippen molar-refractivity contribution in [1.82, 2.24) is 19.7 Å². The van der Waals surface area contributed by atoms with E-state index in [4.69, 9.17) is 22.1 Å². The van der Waals surface area contributed by atoms with Gasteiger partial charge in [-0.1, -0.05) is 11.6 Å². The van der Waals surface area contributed by atoms with Gasteiger partial charge in [0.15, 0.2) is 0 Å². The van der Waals surface area contributed by atoms with E-state index in [0.29, 0.717) is 45.0 Å². The van der Waals surface area contributed by atoms with Crippen molar-refractivity contribution >= 4 is 40.4 Å². The van der Waals surface area contributed by atoms with Gasteiger partial charge in [-0.3, -0.25) is 4.68 Å². The number of halogens is 2. The predicted molar refractivity (Wildman–Crippen MR) is 120 cm³/mol. The zero-order chi connectivity index (χ0) is 22.0. The van der Waals surface area contributed by atoms with Crippen molar-refractivity contribution in [3.63, 3.8) is 0 Å². The molecule has 0 amide bonds. The Morgan fingerprint density at radius 2 is 1.94 bits per heavy atom. The molecule has 0 aliphatic carbocycles. The Balaban J connectivity index is 1.82. The minimum absolute atomic E-state index is 0.174. The van der Waals surface area contributed by atoms with Crippen LogP contribution in [-0.2, 0) is 7.05 Å². The van der Waals surface area contributed by atoms with Crippen molar-refractivity contribution in [1.29, 1.82) is 0 Å². The minimum atomic E-state index is -0.474. The van der Waals surface area contributed by atoms with Gasteiger partial charge in [-0.05, 0) is 36.4 Å². The van der Waals surface area contributed by atoms with Gasteiger partial charge in [0.1, 0.15) is 17.4 Å². The standard InChI is InChI=1S/C21H19ClFN7O/c1-30-11-14(9-26-30)27-21-25-10-16(15-7-12(22)3-6-19(15)31-2)20(29-21)28-18-8-13(24)4-5-17(18)23/h3-11H,24H2,1-2H3,(H2,25,27,28,29). The monoisotopic (exact) mass is 439 g/mol. The van der Waals surface area contributed by atoms with E-state index in [1.165, 1.54) is 18.2 Å². The zero-order valence-electron chi connectivity index (χ0n) is 16.7. The van der Waals surface area contributed by atoms with E-state index in [1.54, 1.807) is 55.6 Å². The van der Waals surface area contributed by atoms with Crippen LogP contribution in [0.4, 0.5) is 33.2 Å². The second kappa shape index (κ2) is 8.49. The maximum atomic E-state index is 14.4. The molecule has 2 aromatic heterocycles. The Morgan fingerprint density at radius 1 is 1.10 bits per heavy atom. The third kappa shape index (κ3) is 4.51. The molecule has 8 nitrogen and oxygen atoms in total. The molecule has 0 fully saturated rings. The molecule has 0 aliphatic rings. The number of anilines is 5. The summed E-state index contributed by atoms with van der Waals surface area (Å²) in [6, 6.07) is 9.45. The molecular formula is C21H19ClFN7O. The molecule has 0 saturated heterocycles. The lowest BCUT2D eigenvalue weighted by Gasteiger charge is -2.16. The fraction of sp³-hybridized carbons (Fsp3) is 0.0952. The summed E-state index contributed by atoms with van der Waals surface area (Å²) in [6.07, 6.45) is 5.02. The van der Waals surface area contributed by atoms with E-state index in [-0.39, 0.29) is 5.69 Å². The van der Waals surface area contributed by atoms with E-state index < -0.39 is 5.82 Å². The molecule has 2 heterocycles. The summed E-state index contributed by atoms with van der Waals surface area (Å²) in [5.74, 6) is 0.728. The first kappa shape index (κ1) is 20.4. The molecular weight excluding hydrogens is 421 g/mol. The highest BCUT2D eigenvalue weighted by Crippen LogP contribution is 2.37. The molecule has 0 radical (unpaired) electrons. The van der Waals surface area contributed by atoms with E-state index in [1.807, 2.05) is 0 Å². The maximum Gasteiger partial charge on any atom is 0.229 e. The Kier molecular flexibility index (Phi) is 5.59. The number of nitrogens with one attached hydrogen (secondary N) is 2. The number of aryl methyl sites for hydroxylation is 1. The fourth-order valence-corrected chi connectivity index (χ4v) is 3.18. The summed E-state index contributed by atoms with van der Waals surface area (Å²) < 4.78 is 21.5. The van der Waals surface area contributed by atoms with Crippen molar-refractivity contribution in [3.8, 4) is 16.9 Å². The average Bonchev–Trinajstić information content (AvgIpc) is 3.15. The number of hydrogen-bond donors (Lipinski definition) is 3. The van der Waals surface area contributed by atoms with E-state index in [2.05, 4.69) is 25.7 Å². The fourth-order valence-electron chi connectivity index (χ4n) is 3.01. The van der Waals surface area contributed by atoms with Crippen LogP contribution in [0.2, 0.25) is 5.02 Å². The third-order valence-corrected chi connectivity index (χ3v) is 4.68. The molecule has 158 valence electrons. The number of nitrogens with zero attached hydrogens (tertiary/aromatic N) is 4. The van der Waals surface area contributed by atoms with Crippen molar-refractivity contribution < 1.29 is 9.13 Å². The topological polar surface area (TPSA) is 103 Å². The molecule has 10 heteroatoms. The van der Waals surface area contributed by atoms with Crippen LogP contribution in [0, 0.1) is 5.82 Å². The molecule has 0 bridgehead atoms. The lowest BCUT2D eigenvalue weighted by molar-refractivity contribution is 0.416. The molecule has 0 aliphatic heterocycles. The van der Waals surface area contributed by atoms with Crippen molar-refractivity contribution in [3.05, 3.63) is 65.8 Å². The first-order chi connectivity index (χ1) is 14.9. The quantitative estimate of drug-likeness (QED) is 0.372. The predicted octanol–water partition coefficient (Wildman–Crippen LogP) is 4.75. The smallest absolute Gasteiger partial charge is 0.229 e. The van der Waals surface area contributed by atoms with Crippen LogP contribution in [-0.4, -0.2) is 26.9 Å². The number of nitrogens with two attached hydrogens (primary N) is 1. The van der Waals surface area contributed by atoms with Crippen LogP contribution in [0.25, 0.3) is 11.1 Å². The highest BCUT2D eigenvalue weighted by Gasteiger charge is 2.16. The van der Waals surface area contributed by atoms with Gasteiger partial charge < -0.3 is 21.1 Å². The van der Waals surface area contributed by atoms with Gasteiger partial charge in [0, 0.05) is 41.3 Å². The molecule has 2 aromatic carbocycles. The van der Waals surface area contributed by atoms with Crippen LogP contribution >= 0.6 is 11.6 Å². The average molecular weight is 440 g/mol. The number of nitrogen functional groups attached to an aromatic ring is 1. The molecule has 0 atom stereocenters. The van der Waals surface area contributed by atoms with Crippen molar-refractivity contribution in [2.75, 3.05) is 23.5 Å². The number of benzene rings is 2. The number of methoxy groups -OCH3 is 1.